The lowest BCUT2D eigenvalue weighted by Gasteiger charge is -2.21. The lowest BCUT2D eigenvalue weighted by molar-refractivity contribution is -0.136. The highest BCUT2D eigenvalue weighted by Crippen LogP contribution is 2.38. The summed E-state index contributed by atoms with van der Waals surface area (Å²) in [5.74, 6) is 0.462. The lowest BCUT2D eigenvalue weighted by atomic mass is 10.2. The zero-order valence-electron chi connectivity index (χ0n) is 13.9. The monoisotopic (exact) mass is 345 g/mol. The van der Waals surface area contributed by atoms with Crippen molar-refractivity contribution in [2.24, 2.45) is 0 Å². The molecule has 25 heavy (non-hydrogen) atoms. The van der Waals surface area contributed by atoms with Crippen molar-refractivity contribution in [3.05, 3.63) is 30.6 Å². The van der Waals surface area contributed by atoms with Crippen molar-refractivity contribution in [2.75, 3.05) is 31.4 Å². The van der Waals surface area contributed by atoms with E-state index in [1.165, 1.54) is 9.58 Å². The molecule has 1 aliphatic heterocycles. The molecule has 1 atom stereocenters. The molecule has 9 heteroatoms. The third-order valence-electron chi connectivity index (χ3n) is 3.85. The van der Waals surface area contributed by atoms with Crippen molar-refractivity contribution in [3.63, 3.8) is 0 Å². The number of nitrogens with two attached hydrogens (primary N) is 1. The zero-order chi connectivity index (χ0) is 18.0. The van der Waals surface area contributed by atoms with Crippen molar-refractivity contribution < 1.29 is 19.1 Å². The molecule has 2 aromatic rings. The van der Waals surface area contributed by atoms with Crippen LogP contribution in [-0.2, 0) is 9.59 Å². The molecule has 2 heterocycles. The molecule has 132 valence electrons. The SMILES string of the molecule is CC(C(=O)N(C)CC(=O)Nc1cc2c(cc1N)OCO2)n1cccn1. The summed E-state index contributed by atoms with van der Waals surface area (Å²) < 4.78 is 12.0. The number of anilines is 2. The molecule has 0 saturated heterocycles. The quantitative estimate of drug-likeness (QED) is 0.777. The Morgan fingerprint density at radius 1 is 1.40 bits per heavy atom. The lowest BCUT2D eigenvalue weighted by Crippen LogP contribution is -2.38. The number of hydrogen-bond donors (Lipinski definition) is 2. The average Bonchev–Trinajstić information content (AvgIpc) is 3.24. The van der Waals surface area contributed by atoms with Gasteiger partial charge in [-0.3, -0.25) is 14.3 Å². The number of carbonyl (C=O) groups excluding carboxylic acids is 2. The second-order valence-corrected chi connectivity index (χ2v) is 5.70. The molecular weight excluding hydrogens is 326 g/mol. The summed E-state index contributed by atoms with van der Waals surface area (Å²) in [6.45, 7) is 1.73. The molecule has 2 amide bonds. The average molecular weight is 345 g/mol. The molecule has 0 saturated carbocycles. The summed E-state index contributed by atoms with van der Waals surface area (Å²) in [5, 5.41) is 6.72. The first kappa shape index (κ1) is 16.6. The van der Waals surface area contributed by atoms with Crippen LogP contribution in [0.25, 0.3) is 0 Å². The van der Waals surface area contributed by atoms with E-state index in [-0.39, 0.29) is 25.2 Å². The Morgan fingerprint density at radius 2 is 2.12 bits per heavy atom. The fourth-order valence-corrected chi connectivity index (χ4v) is 2.49. The highest BCUT2D eigenvalue weighted by atomic mass is 16.7. The number of nitrogen functional groups attached to an aromatic ring is 1. The van der Waals surface area contributed by atoms with Crippen LogP contribution in [0.15, 0.2) is 30.6 Å². The molecule has 3 rings (SSSR count). The first-order chi connectivity index (χ1) is 12.0. The van der Waals surface area contributed by atoms with Gasteiger partial charge in [-0.15, -0.1) is 0 Å². The minimum Gasteiger partial charge on any atom is -0.454 e. The summed E-state index contributed by atoms with van der Waals surface area (Å²) in [7, 11) is 1.56. The molecule has 9 nitrogen and oxygen atoms in total. The van der Waals surface area contributed by atoms with Gasteiger partial charge in [0.1, 0.15) is 6.04 Å². The topological polar surface area (TPSA) is 112 Å². The van der Waals surface area contributed by atoms with Crippen LogP contribution < -0.4 is 20.5 Å². The minimum atomic E-state index is -0.497. The van der Waals surface area contributed by atoms with E-state index in [2.05, 4.69) is 10.4 Å². The highest BCUT2D eigenvalue weighted by Gasteiger charge is 2.22. The van der Waals surface area contributed by atoms with Crippen LogP contribution in [0.2, 0.25) is 0 Å². The van der Waals surface area contributed by atoms with Crippen LogP contribution >= 0.6 is 0 Å². The number of benzene rings is 1. The van der Waals surface area contributed by atoms with E-state index in [1.807, 2.05) is 0 Å². The number of aromatic nitrogens is 2. The van der Waals surface area contributed by atoms with E-state index in [4.69, 9.17) is 15.2 Å². The molecule has 0 bridgehead atoms. The normalized spacial score (nSPS) is 13.4. The molecular formula is C16H19N5O4. The molecule has 1 aromatic heterocycles. The molecule has 1 aliphatic rings. The number of rotatable bonds is 5. The second kappa shape index (κ2) is 6.71. The molecule has 1 aromatic carbocycles. The van der Waals surface area contributed by atoms with Crippen molar-refractivity contribution in [1.82, 2.24) is 14.7 Å². The van der Waals surface area contributed by atoms with Crippen molar-refractivity contribution in [2.45, 2.75) is 13.0 Å². The summed E-state index contributed by atoms with van der Waals surface area (Å²) in [5.41, 5.74) is 6.67. The number of nitrogens with zero attached hydrogens (tertiary/aromatic N) is 3. The van der Waals surface area contributed by atoms with Gasteiger partial charge >= 0.3 is 0 Å². The van der Waals surface area contributed by atoms with Gasteiger partial charge < -0.3 is 25.4 Å². The van der Waals surface area contributed by atoms with E-state index in [9.17, 15) is 9.59 Å². The van der Waals surface area contributed by atoms with Gasteiger partial charge in [0.05, 0.1) is 17.9 Å². The smallest absolute Gasteiger partial charge is 0.247 e. The first-order valence-electron chi connectivity index (χ1n) is 7.69. The molecule has 0 aliphatic carbocycles. The molecule has 0 fully saturated rings. The number of ether oxygens (including phenoxy) is 2. The number of nitrogens with one attached hydrogen (secondary N) is 1. The Labute approximate surface area is 144 Å². The number of likely N-dealkylation sites (N-methyl/N-ethyl adjacent to an activating group) is 1. The van der Waals surface area contributed by atoms with Crippen molar-refractivity contribution in [3.8, 4) is 11.5 Å². The van der Waals surface area contributed by atoms with Crippen molar-refractivity contribution in [1.29, 1.82) is 0 Å². The zero-order valence-corrected chi connectivity index (χ0v) is 13.9. The van der Waals surface area contributed by atoms with Crippen LogP contribution in [0, 0.1) is 0 Å². The Morgan fingerprint density at radius 3 is 2.80 bits per heavy atom. The van der Waals surface area contributed by atoms with Crippen molar-refractivity contribution >= 4 is 23.2 Å². The number of fused-ring (bicyclic) bond motifs is 1. The van der Waals surface area contributed by atoms with Gasteiger partial charge in [-0.2, -0.15) is 5.10 Å². The van der Waals surface area contributed by atoms with E-state index >= 15 is 0 Å². The van der Waals surface area contributed by atoms with Crippen LogP contribution in [-0.4, -0.2) is 46.9 Å². The van der Waals surface area contributed by atoms with E-state index in [0.29, 0.717) is 22.9 Å². The van der Waals surface area contributed by atoms with Crippen LogP contribution in [0.5, 0.6) is 11.5 Å². The Balaban J connectivity index is 1.61. The van der Waals surface area contributed by atoms with Gasteiger partial charge in [0.2, 0.25) is 18.6 Å². The van der Waals surface area contributed by atoms with E-state index in [1.54, 1.807) is 44.6 Å². The largest absolute Gasteiger partial charge is 0.454 e. The summed E-state index contributed by atoms with van der Waals surface area (Å²) in [6.07, 6.45) is 3.29. The maximum absolute atomic E-state index is 12.4. The number of amides is 2. The maximum atomic E-state index is 12.4. The third-order valence-corrected chi connectivity index (χ3v) is 3.85. The maximum Gasteiger partial charge on any atom is 0.247 e. The number of hydrogen-bond acceptors (Lipinski definition) is 6. The Bertz CT molecular complexity index is 790. The van der Waals surface area contributed by atoms with Gasteiger partial charge in [0, 0.05) is 31.6 Å². The Kier molecular flexibility index (Phi) is 4.46. The summed E-state index contributed by atoms with van der Waals surface area (Å²) in [4.78, 5) is 25.9. The Hall–Kier alpha value is -3.23. The van der Waals surface area contributed by atoms with Gasteiger partial charge in [-0.05, 0) is 13.0 Å². The first-order valence-corrected chi connectivity index (χ1v) is 7.69. The van der Waals surface area contributed by atoms with E-state index < -0.39 is 6.04 Å². The summed E-state index contributed by atoms with van der Waals surface area (Å²) in [6, 6.07) is 4.43. The highest BCUT2D eigenvalue weighted by molar-refractivity contribution is 5.97. The number of carbonyl (C=O) groups is 2. The van der Waals surface area contributed by atoms with E-state index in [0.717, 1.165) is 0 Å². The predicted octanol–water partition coefficient (Wildman–Crippen LogP) is 0.852. The minimum absolute atomic E-state index is 0.113. The predicted molar refractivity (Wildman–Crippen MR) is 90.2 cm³/mol. The van der Waals surface area contributed by atoms with Gasteiger partial charge in [-0.25, -0.2) is 0 Å². The fraction of sp³-hybridized carbons (Fsp3) is 0.312. The standard InChI is InChI=1S/C16H19N5O4/c1-10(21-5-3-4-18-21)16(23)20(2)8-15(22)19-12-7-14-13(6-11(12)17)24-9-25-14/h3-7,10H,8-9,17H2,1-2H3,(H,19,22). The molecule has 0 spiro atoms. The second-order valence-electron chi connectivity index (χ2n) is 5.70. The summed E-state index contributed by atoms with van der Waals surface area (Å²) >= 11 is 0. The molecule has 1 unspecified atom stereocenters. The third kappa shape index (κ3) is 3.49. The fourth-order valence-electron chi connectivity index (χ4n) is 2.49. The van der Waals surface area contributed by atoms with Crippen LogP contribution in [0.3, 0.4) is 0 Å². The van der Waals surface area contributed by atoms with Crippen LogP contribution in [0.1, 0.15) is 13.0 Å². The van der Waals surface area contributed by atoms with Gasteiger partial charge in [-0.1, -0.05) is 0 Å². The van der Waals surface area contributed by atoms with Gasteiger partial charge in [0.25, 0.3) is 0 Å². The molecule has 0 radical (unpaired) electrons. The molecule has 3 N–H and O–H groups in total. The van der Waals surface area contributed by atoms with Gasteiger partial charge in [0.15, 0.2) is 11.5 Å². The van der Waals surface area contributed by atoms with Crippen LogP contribution in [0.4, 0.5) is 11.4 Å².